The summed E-state index contributed by atoms with van der Waals surface area (Å²) in [7, 11) is 3.46. The van der Waals surface area contributed by atoms with Crippen molar-refractivity contribution in [2.24, 2.45) is 0 Å². The van der Waals surface area contributed by atoms with Crippen LogP contribution < -0.4 is 10.1 Å². The third kappa shape index (κ3) is 7.27. The third-order valence-corrected chi connectivity index (χ3v) is 6.48. The van der Waals surface area contributed by atoms with Gasteiger partial charge in [-0.05, 0) is 48.6 Å². The van der Waals surface area contributed by atoms with Crippen LogP contribution in [0.25, 0.3) is 17.0 Å². The van der Waals surface area contributed by atoms with E-state index in [1.54, 1.807) is 20.2 Å². The molecule has 0 radical (unpaired) electrons. The second-order valence-electron chi connectivity index (χ2n) is 9.38. The summed E-state index contributed by atoms with van der Waals surface area (Å²) in [6, 6.07) is 10.5. The number of aromatic nitrogens is 3. The van der Waals surface area contributed by atoms with Crippen LogP contribution in [0.2, 0.25) is 0 Å². The number of likely N-dealkylation sites (N-methyl/N-ethyl adjacent to an activating group) is 1. The zero-order valence-corrected chi connectivity index (χ0v) is 21.6. The first-order valence-electron chi connectivity index (χ1n) is 12.7. The van der Waals surface area contributed by atoms with Gasteiger partial charge in [-0.3, -0.25) is 9.89 Å². The zero-order valence-electron chi connectivity index (χ0n) is 21.6. The summed E-state index contributed by atoms with van der Waals surface area (Å²) in [5, 5.41) is 11.6. The normalized spacial score (nSPS) is 17.2. The first-order chi connectivity index (χ1) is 18.1. The predicted molar refractivity (Wildman–Crippen MR) is 149 cm³/mol. The maximum atomic E-state index is 11.5. The molecular formula is C30H35N5O2. The van der Waals surface area contributed by atoms with Gasteiger partial charge in [0.1, 0.15) is 6.61 Å². The van der Waals surface area contributed by atoms with Gasteiger partial charge in [0.2, 0.25) is 11.8 Å². The fourth-order valence-corrected chi connectivity index (χ4v) is 4.32. The number of nitrogens with one attached hydrogen (secondary N) is 2. The maximum absolute atomic E-state index is 11.5. The van der Waals surface area contributed by atoms with E-state index in [0.29, 0.717) is 25.6 Å². The number of nitrogens with zero attached hydrogens (tertiary/aromatic N) is 3. The first-order valence-corrected chi connectivity index (χ1v) is 12.7. The Bertz CT molecular complexity index is 1290. The number of hydrogen-bond acceptors (Lipinski definition) is 5. The van der Waals surface area contributed by atoms with Crippen molar-refractivity contribution in [3.05, 3.63) is 96.4 Å². The van der Waals surface area contributed by atoms with E-state index in [1.165, 1.54) is 10.5 Å². The lowest BCUT2D eigenvalue weighted by Gasteiger charge is -2.32. The molecule has 1 aliphatic carbocycles. The standard InChI is InChI=1S/C30H35N5O2/c1-35(2)29(36)10-8-18-31-19-20-37-28-14-11-24(22-32-28)9-4-7-17-30(15-5-3-6-16-30)26-12-13-27-25(21-26)23-33-34-27/h3-6,8-15,21-23,31H,7,16-20H2,1-2H3,(H,33,34)/b9-4-,10-8+. The molecule has 7 heteroatoms. The number of fused-ring (bicyclic) bond motifs is 1. The monoisotopic (exact) mass is 497 g/mol. The lowest BCUT2D eigenvalue weighted by Crippen LogP contribution is -2.24. The highest BCUT2D eigenvalue weighted by Gasteiger charge is 2.28. The lowest BCUT2D eigenvalue weighted by molar-refractivity contribution is -0.123. The van der Waals surface area contributed by atoms with E-state index in [1.807, 2.05) is 30.6 Å². The Morgan fingerprint density at radius 2 is 2.11 bits per heavy atom. The average Bonchev–Trinajstić information content (AvgIpc) is 3.40. The number of aromatic amines is 1. The predicted octanol–water partition coefficient (Wildman–Crippen LogP) is 4.82. The topological polar surface area (TPSA) is 83.1 Å². The van der Waals surface area contributed by atoms with Crippen molar-refractivity contribution in [2.75, 3.05) is 33.8 Å². The molecule has 3 aromatic rings. The Kier molecular flexibility index (Phi) is 9.05. The smallest absolute Gasteiger partial charge is 0.245 e. The van der Waals surface area contributed by atoms with E-state index in [9.17, 15) is 4.79 Å². The van der Waals surface area contributed by atoms with E-state index in [0.717, 1.165) is 35.7 Å². The number of ether oxygens (including phenoxy) is 1. The van der Waals surface area contributed by atoms with E-state index < -0.39 is 0 Å². The highest BCUT2D eigenvalue weighted by Crippen LogP contribution is 2.38. The zero-order chi connectivity index (χ0) is 25.9. The van der Waals surface area contributed by atoms with E-state index in [2.05, 4.69) is 75.2 Å². The fourth-order valence-electron chi connectivity index (χ4n) is 4.32. The van der Waals surface area contributed by atoms with Crippen LogP contribution in [0.4, 0.5) is 0 Å². The Balaban J connectivity index is 1.23. The van der Waals surface area contributed by atoms with Gasteiger partial charge in [0.25, 0.3) is 0 Å². The SMILES string of the molecule is CN(C)C(=O)/C=C/CNCCOc1ccc(/C=C\CCC2(c3ccc4[nH]ncc4c3)C=CC=CC2)cn1. The molecule has 0 aliphatic heterocycles. The van der Waals surface area contributed by atoms with Crippen LogP contribution >= 0.6 is 0 Å². The second kappa shape index (κ2) is 12.8. The average molecular weight is 498 g/mol. The largest absolute Gasteiger partial charge is 0.476 e. The summed E-state index contributed by atoms with van der Waals surface area (Å²) in [4.78, 5) is 17.4. The van der Waals surface area contributed by atoms with Crippen molar-refractivity contribution in [1.29, 1.82) is 0 Å². The Morgan fingerprint density at radius 1 is 1.19 bits per heavy atom. The van der Waals surface area contributed by atoms with Crippen LogP contribution in [0.3, 0.4) is 0 Å². The van der Waals surface area contributed by atoms with Crippen LogP contribution in [0, 0.1) is 0 Å². The molecule has 4 rings (SSSR count). The Morgan fingerprint density at radius 3 is 2.89 bits per heavy atom. The van der Waals surface area contributed by atoms with Gasteiger partial charge < -0.3 is 15.0 Å². The molecule has 7 nitrogen and oxygen atoms in total. The molecule has 1 unspecified atom stereocenters. The molecule has 2 heterocycles. The molecule has 1 atom stereocenters. The van der Waals surface area contributed by atoms with Crippen LogP contribution in [-0.4, -0.2) is 59.8 Å². The number of H-pyrrole nitrogens is 1. The number of rotatable bonds is 12. The fraction of sp³-hybridized carbons (Fsp3) is 0.300. The van der Waals surface area contributed by atoms with Crippen LogP contribution in [0.5, 0.6) is 5.88 Å². The number of benzene rings is 1. The molecule has 0 saturated carbocycles. The number of carbonyl (C=O) groups excluding carboxylic acids is 1. The molecule has 0 saturated heterocycles. The molecule has 1 aliphatic rings. The van der Waals surface area contributed by atoms with Gasteiger partial charge >= 0.3 is 0 Å². The van der Waals surface area contributed by atoms with Gasteiger partial charge in [0.15, 0.2) is 0 Å². The summed E-state index contributed by atoms with van der Waals surface area (Å²) >= 11 is 0. The third-order valence-electron chi connectivity index (χ3n) is 6.48. The maximum Gasteiger partial charge on any atom is 0.245 e. The van der Waals surface area contributed by atoms with Gasteiger partial charge in [-0.2, -0.15) is 5.10 Å². The highest BCUT2D eigenvalue weighted by atomic mass is 16.5. The number of hydrogen-bond donors (Lipinski definition) is 2. The van der Waals surface area contributed by atoms with Crippen molar-refractivity contribution in [3.63, 3.8) is 0 Å². The lowest BCUT2D eigenvalue weighted by atomic mass is 9.72. The number of carbonyl (C=O) groups is 1. The van der Waals surface area contributed by atoms with E-state index >= 15 is 0 Å². The van der Waals surface area contributed by atoms with E-state index in [-0.39, 0.29) is 11.3 Å². The van der Waals surface area contributed by atoms with Crippen LogP contribution in [0.15, 0.2) is 85.3 Å². The molecule has 2 aromatic heterocycles. The van der Waals surface area contributed by atoms with Gasteiger partial charge in [0.05, 0.1) is 11.7 Å². The summed E-state index contributed by atoms with van der Waals surface area (Å²) in [5.74, 6) is 0.580. The highest BCUT2D eigenvalue weighted by molar-refractivity contribution is 5.87. The minimum atomic E-state index is -0.0221. The van der Waals surface area contributed by atoms with Crippen LogP contribution in [0.1, 0.15) is 30.4 Å². The molecule has 1 amide bonds. The van der Waals surface area contributed by atoms with E-state index in [4.69, 9.17) is 4.74 Å². The molecule has 2 N–H and O–H groups in total. The van der Waals surface area contributed by atoms with Crippen molar-refractivity contribution in [2.45, 2.75) is 24.7 Å². The number of amides is 1. The second-order valence-corrected chi connectivity index (χ2v) is 9.38. The molecule has 0 bridgehead atoms. The quantitative estimate of drug-likeness (QED) is 0.277. The minimum Gasteiger partial charge on any atom is -0.476 e. The van der Waals surface area contributed by atoms with Gasteiger partial charge in [-0.15, -0.1) is 0 Å². The Hall–Kier alpha value is -3.97. The molecule has 0 spiro atoms. The Labute approximate surface area is 218 Å². The van der Waals surface area contributed by atoms with Gasteiger partial charge in [0, 0.05) is 56.3 Å². The van der Waals surface area contributed by atoms with Crippen LogP contribution in [-0.2, 0) is 10.2 Å². The van der Waals surface area contributed by atoms with Gasteiger partial charge in [-0.25, -0.2) is 4.98 Å². The van der Waals surface area contributed by atoms with Gasteiger partial charge in [-0.1, -0.05) is 48.6 Å². The number of pyridine rings is 1. The van der Waals surface area contributed by atoms with Crippen molar-refractivity contribution >= 4 is 22.9 Å². The summed E-state index contributed by atoms with van der Waals surface area (Å²) < 4.78 is 5.70. The molecular weight excluding hydrogens is 462 g/mol. The summed E-state index contributed by atoms with van der Waals surface area (Å²) in [6.45, 7) is 1.79. The molecule has 37 heavy (non-hydrogen) atoms. The summed E-state index contributed by atoms with van der Waals surface area (Å²) in [6.07, 6.45) is 23.3. The van der Waals surface area contributed by atoms with Crippen molar-refractivity contribution in [1.82, 2.24) is 25.4 Å². The first kappa shape index (κ1) is 26.1. The molecule has 1 aromatic carbocycles. The van der Waals surface area contributed by atoms with Crippen molar-refractivity contribution < 1.29 is 9.53 Å². The minimum absolute atomic E-state index is 0.00773. The summed E-state index contributed by atoms with van der Waals surface area (Å²) in [5.41, 5.74) is 3.43. The van der Waals surface area contributed by atoms with Crippen molar-refractivity contribution in [3.8, 4) is 5.88 Å². The molecule has 192 valence electrons. The number of allylic oxidation sites excluding steroid dienone is 5. The molecule has 0 fully saturated rings.